The van der Waals surface area contributed by atoms with Gasteiger partial charge in [-0.3, -0.25) is 4.84 Å². The van der Waals surface area contributed by atoms with Gasteiger partial charge in [-0.15, -0.1) is 0 Å². The van der Waals surface area contributed by atoms with Crippen LogP contribution in [0.5, 0.6) is 0 Å². The van der Waals surface area contributed by atoms with Gasteiger partial charge in [0.1, 0.15) is 10.7 Å². The molecule has 0 bridgehead atoms. The van der Waals surface area contributed by atoms with Gasteiger partial charge in [0.2, 0.25) is 0 Å². The zero-order valence-corrected chi connectivity index (χ0v) is 11.0. The zero-order chi connectivity index (χ0) is 12.5. The zero-order valence-electron chi connectivity index (χ0n) is 8.57. The van der Waals surface area contributed by atoms with Crippen molar-refractivity contribution >= 4 is 31.6 Å². The van der Waals surface area contributed by atoms with Gasteiger partial charge in [0, 0.05) is 11.5 Å². The first-order valence-electron chi connectivity index (χ1n) is 4.08. The number of hydrogen-bond donors (Lipinski definition) is 1. The van der Waals surface area contributed by atoms with E-state index < -0.39 is 15.8 Å². The Labute approximate surface area is 101 Å². The van der Waals surface area contributed by atoms with Gasteiger partial charge in [-0.25, -0.2) is 12.8 Å². The Balaban J connectivity index is 3.40. The van der Waals surface area contributed by atoms with Crippen LogP contribution in [0.15, 0.2) is 21.5 Å². The molecule has 0 saturated heterocycles. The summed E-state index contributed by atoms with van der Waals surface area (Å²) in [6.45, 7) is 0. The average molecular weight is 313 g/mol. The molecule has 0 aliphatic heterocycles. The number of nitrogens with two attached hydrogens (primary N) is 1. The van der Waals surface area contributed by atoms with Gasteiger partial charge in [-0.2, -0.15) is 0 Å². The maximum absolute atomic E-state index is 13.0. The molecule has 1 aromatic rings. The van der Waals surface area contributed by atoms with Crippen LogP contribution in [-0.4, -0.2) is 27.0 Å². The molecule has 1 aromatic carbocycles. The molecular weight excluding hydrogens is 303 g/mol. The molecule has 0 aromatic heterocycles. The summed E-state index contributed by atoms with van der Waals surface area (Å²) in [6.07, 6.45) is 0. The van der Waals surface area contributed by atoms with Crippen LogP contribution in [-0.2, 0) is 14.9 Å². The molecule has 0 heterocycles. The van der Waals surface area contributed by atoms with E-state index in [-0.39, 0.29) is 15.1 Å². The maximum atomic E-state index is 13.0. The summed E-state index contributed by atoms with van der Waals surface area (Å²) in [6, 6.07) is 2.02. The maximum Gasteiger partial charge on any atom is 0.265 e. The summed E-state index contributed by atoms with van der Waals surface area (Å²) in [5.41, 5.74) is 5.06. The van der Waals surface area contributed by atoms with Crippen molar-refractivity contribution in [3.8, 4) is 0 Å². The highest BCUT2D eigenvalue weighted by molar-refractivity contribution is 9.10. The van der Waals surface area contributed by atoms with Crippen molar-refractivity contribution in [2.45, 2.75) is 4.90 Å². The number of hydroxylamine groups is 1. The second-order valence-corrected chi connectivity index (χ2v) is 5.66. The van der Waals surface area contributed by atoms with Crippen molar-refractivity contribution in [1.82, 2.24) is 4.47 Å². The Bertz CT molecular complexity index is 506. The number of rotatable bonds is 3. The second-order valence-electron chi connectivity index (χ2n) is 2.90. The lowest BCUT2D eigenvalue weighted by Gasteiger charge is -2.15. The molecule has 8 heteroatoms. The van der Waals surface area contributed by atoms with Crippen molar-refractivity contribution in [2.24, 2.45) is 0 Å². The Kier molecular flexibility index (Phi) is 3.89. The molecule has 2 N–H and O–H groups in total. The van der Waals surface area contributed by atoms with Crippen molar-refractivity contribution in [3.05, 3.63) is 22.4 Å². The van der Waals surface area contributed by atoms with E-state index in [1.807, 2.05) is 0 Å². The molecule has 0 atom stereocenters. The van der Waals surface area contributed by atoms with Gasteiger partial charge in [0.05, 0.1) is 12.8 Å². The number of sulfonamides is 1. The van der Waals surface area contributed by atoms with Crippen LogP contribution in [0, 0.1) is 5.82 Å². The van der Waals surface area contributed by atoms with Gasteiger partial charge in [0.25, 0.3) is 10.0 Å². The van der Waals surface area contributed by atoms with Crippen LogP contribution in [0.3, 0.4) is 0 Å². The highest BCUT2D eigenvalue weighted by Gasteiger charge is 2.24. The Morgan fingerprint density at radius 3 is 2.56 bits per heavy atom. The average Bonchev–Trinajstić information content (AvgIpc) is 2.21. The van der Waals surface area contributed by atoms with E-state index in [0.29, 0.717) is 4.47 Å². The fraction of sp³-hybridized carbons (Fsp3) is 0.250. The molecule has 16 heavy (non-hydrogen) atoms. The summed E-state index contributed by atoms with van der Waals surface area (Å²) in [7, 11) is -1.41. The Morgan fingerprint density at radius 2 is 2.06 bits per heavy atom. The van der Waals surface area contributed by atoms with E-state index in [9.17, 15) is 12.8 Å². The number of halogens is 2. The third-order valence-electron chi connectivity index (χ3n) is 1.92. The van der Waals surface area contributed by atoms with Gasteiger partial charge in [0.15, 0.2) is 0 Å². The molecule has 1 rings (SSSR count). The fourth-order valence-electron chi connectivity index (χ4n) is 0.979. The number of hydrogen-bond acceptors (Lipinski definition) is 4. The molecule has 0 fully saturated rings. The quantitative estimate of drug-likeness (QED) is 0.675. The number of nitrogen functional groups attached to an aromatic ring is 1. The van der Waals surface area contributed by atoms with E-state index in [1.54, 1.807) is 0 Å². The lowest BCUT2D eigenvalue weighted by molar-refractivity contribution is -0.0259. The number of nitrogens with zero attached hydrogens (tertiary/aromatic N) is 1. The number of anilines is 1. The molecule has 0 unspecified atom stereocenters. The van der Waals surface area contributed by atoms with Crippen LogP contribution in [0.4, 0.5) is 10.1 Å². The summed E-state index contributed by atoms with van der Waals surface area (Å²) in [5.74, 6) is -0.689. The molecule has 90 valence electrons. The first-order chi connectivity index (χ1) is 7.30. The second kappa shape index (κ2) is 4.66. The van der Waals surface area contributed by atoms with Crippen LogP contribution >= 0.6 is 15.9 Å². The largest absolute Gasteiger partial charge is 0.396 e. The summed E-state index contributed by atoms with van der Waals surface area (Å²) in [5, 5.41) is 0. The van der Waals surface area contributed by atoms with Gasteiger partial charge in [-0.05, 0) is 28.1 Å². The highest BCUT2D eigenvalue weighted by Crippen LogP contribution is 2.28. The van der Waals surface area contributed by atoms with E-state index >= 15 is 0 Å². The van der Waals surface area contributed by atoms with Gasteiger partial charge >= 0.3 is 0 Å². The van der Waals surface area contributed by atoms with Crippen molar-refractivity contribution in [2.75, 3.05) is 19.9 Å². The Morgan fingerprint density at radius 1 is 1.50 bits per heavy atom. The minimum atomic E-state index is -3.84. The molecule has 0 saturated carbocycles. The SMILES string of the molecule is CON(C)S(=O)(=O)c1cc(N)c(F)cc1Br. The molecule has 0 aliphatic carbocycles. The normalized spacial score (nSPS) is 12.1. The van der Waals surface area contributed by atoms with Crippen molar-refractivity contribution in [1.29, 1.82) is 0 Å². The first-order valence-corrected chi connectivity index (χ1v) is 6.31. The Hall–Kier alpha value is -0.700. The third-order valence-corrected chi connectivity index (χ3v) is 4.56. The summed E-state index contributed by atoms with van der Waals surface area (Å²) in [4.78, 5) is 4.43. The molecule has 0 amide bonds. The lowest BCUT2D eigenvalue weighted by Crippen LogP contribution is -2.26. The van der Waals surface area contributed by atoms with Crippen LogP contribution in [0.1, 0.15) is 0 Å². The van der Waals surface area contributed by atoms with Gasteiger partial charge < -0.3 is 5.73 Å². The standard InChI is InChI=1S/C8H10BrFN2O3S/c1-12(15-2)16(13,14)8-4-7(11)6(10)3-5(8)9/h3-4H,11H2,1-2H3. The third kappa shape index (κ3) is 2.34. The van der Waals surface area contributed by atoms with E-state index in [2.05, 4.69) is 20.8 Å². The van der Waals surface area contributed by atoms with Crippen LogP contribution < -0.4 is 5.73 Å². The smallest absolute Gasteiger partial charge is 0.265 e. The first kappa shape index (κ1) is 13.4. The van der Waals surface area contributed by atoms with Crippen LogP contribution in [0.25, 0.3) is 0 Å². The molecule has 0 radical (unpaired) electrons. The van der Waals surface area contributed by atoms with Crippen molar-refractivity contribution < 1.29 is 17.6 Å². The highest BCUT2D eigenvalue weighted by atomic mass is 79.9. The topological polar surface area (TPSA) is 72.6 Å². The molecule has 0 spiro atoms. The number of benzene rings is 1. The molecule has 0 aliphatic rings. The fourth-order valence-corrected chi connectivity index (χ4v) is 2.96. The predicted octanol–water partition coefficient (Wildman–Crippen LogP) is 1.35. The van der Waals surface area contributed by atoms with Crippen molar-refractivity contribution in [3.63, 3.8) is 0 Å². The minimum absolute atomic E-state index is 0.0862. The summed E-state index contributed by atoms with van der Waals surface area (Å²) >= 11 is 2.96. The predicted molar refractivity (Wildman–Crippen MR) is 60.5 cm³/mol. The molecule has 5 nitrogen and oxygen atoms in total. The van der Waals surface area contributed by atoms with E-state index in [1.165, 1.54) is 14.2 Å². The van der Waals surface area contributed by atoms with E-state index in [0.717, 1.165) is 12.1 Å². The van der Waals surface area contributed by atoms with E-state index in [4.69, 9.17) is 5.73 Å². The lowest BCUT2D eigenvalue weighted by atomic mass is 10.3. The molecular formula is C8H10BrFN2O3S. The summed E-state index contributed by atoms with van der Waals surface area (Å²) < 4.78 is 37.5. The monoisotopic (exact) mass is 312 g/mol. The minimum Gasteiger partial charge on any atom is -0.396 e. The van der Waals surface area contributed by atoms with Crippen LogP contribution in [0.2, 0.25) is 0 Å². The van der Waals surface area contributed by atoms with Gasteiger partial charge in [-0.1, -0.05) is 4.47 Å².